The number of alkyl halides is 4. The zero-order valence-electron chi connectivity index (χ0n) is 16.4. The summed E-state index contributed by atoms with van der Waals surface area (Å²) < 4.78 is 88.5. The molecule has 4 nitrogen and oxygen atoms in total. The summed E-state index contributed by atoms with van der Waals surface area (Å²) in [6.45, 7) is 0. The van der Waals surface area contributed by atoms with Gasteiger partial charge >= 0.3 is 21.3 Å². The highest BCUT2D eigenvalue weighted by Gasteiger charge is 2.75. The molecule has 0 aromatic rings. The van der Waals surface area contributed by atoms with Crippen LogP contribution in [0.2, 0.25) is 0 Å². The van der Waals surface area contributed by atoms with Gasteiger partial charge in [0.05, 0.1) is 5.25 Å². The van der Waals surface area contributed by atoms with Gasteiger partial charge in [-0.25, -0.2) is 0 Å². The largest absolute Gasteiger partial charge is 0.432 e. The van der Waals surface area contributed by atoms with Crippen molar-refractivity contribution < 1.29 is 34.4 Å². The lowest BCUT2D eigenvalue weighted by atomic mass is 9.66. The van der Waals surface area contributed by atoms with Crippen LogP contribution < -0.4 is 0 Å². The number of carbonyl (C=O) groups excluding carboxylic acids is 1. The van der Waals surface area contributed by atoms with Gasteiger partial charge in [-0.2, -0.15) is 29.6 Å². The Morgan fingerprint density at radius 3 is 2.30 bits per heavy atom. The van der Waals surface area contributed by atoms with E-state index in [9.17, 15) is 22.0 Å². The third kappa shape index (κ3) is 2.95. The smallest absolute Gasteiger partial charge is 0.298 e. The zero-order chi connectivity index (χ0) is 21.5. The van der Waals surface area contributed by atoms with Crippen LogP contribution in [0.25, 0.3) is 0 Å². The molecule has 4 bridgehead atoms. The van der Waals surface area contributed by atoms with E-state index in [-0.39, 0.29) is 42.5 Å². The average molecular weight is 471 g/mol. The first-order valence-corrected chi connectivity index (χ1v) is 13.1. The van der Waals surface area contributed by atoms with Crippen molar-refractivity contribution in [3.63, 3.8) is 0 Å². The quantitative estimate of drug-likeness (QED) is 0.309. The molecule has 0 amide bonds. The Balaban J connectivity index is 1.32. The predicted molar refractivity (Wildman–Crippen MR) is 102 cm³/mol. The SMILES string of the molecule is O=C1CCCCC1SOS(=O)(=O)C(F)(F)C(F)(F)C1CC2CC1C1C3CCC(C3)C21. The van der Waals surface area contributed by atoms with Crippen LogP contribution in [0, 0.1) is 41.4 Å². The van der Waals surface area contributed by atoms with E-state index in [1.807, 2.05) is 0 Å². The van der Waals surface area contributed by atoms with E-state index in [1.54, 1.807) is 0 Å². The van der Waals surface area contributed by atoms with E-state index < -0.39 is 38.4 Å². The molecule has 0 aliphatic heterocycles. The second-order valence-electron chi connectivity index (χ2n) is 9.95. The van der Waals surface area contributed by atoms with E-state index >= 15 is 8.78 Å². The van der Waals surface area contributed by atoms with Crippen molar-refractivity contribution in [1.82, 2.24) is 0 Å². The third-order valence-electron chi connectivity index (χ3n) is 8.65. The topological polar surface area (TPSA) is 60.4 Å². The van der Waals surface area contributed by atoms with Gasteiger partial charge in [-0.05, 0) is 80.5 Å². The van der Waals surface area contributed by atoms with E-state index in [1.165, 1.54) is 0 Å². The fourth-order valence-corrected chi connectivity index (χ4v) is 9.67. The van der Waals surface area contributed by atoms with Crippen LogP contribution in [-0.2, 0) is 18.5 Å². The summed E-state index contributed by atoms with van der Waals surface area (Å²) in [6, 6.07) is 0. The first-order valence-electron chi connectivity index (χ1n) is 10.9. The molecule has 0 heterocycles. The molecule has 8 atom stereocenters. The molecule has 8 unspecified atom stereocenters. The van der Waals surface area contributed by atoms with Crippen molar-refractivity contribution in [3.05, 3.63) is 0 Å². The highest BCUT2D eigenvalue weighted by molar-refractivity contribution is 8.05. The number of fused-ring (bicyclic) bond motifs is 9. The van der Waals surface area contributed by atoms with Gasteiger partial charge in [0, 0.05) is 24.4 Å². The summed E-state index contributed by atoms with van der Waals surface area (Å²) in [6.07, 6.45) is 5.32. The van der Waals surface area contributed by atoms with Crippen molar-refractivity contribution in [2.75, 3.05) is 0 Å². The van der Waals surface area contributed by atoms with Gasteiger partial charge in [-0.1, -0.05) is 6.42 Å². The van der Waals surface area contributed by atoms with Crippen LogP contribution in [0.5, 0.6) is 0 Å². The van der Waals surface area contributed by atoms with E-state index in [4.69, 9.17) is 0 Å². The minimum Gasteiger partial charge on any atom is -0.298 e. The maximum Gasteiger partial charge on any atom is 0.432 e. The fraction of sp³-hybridized carbons (Fsp3) is 0.950. The molecule has 0 saturated heterocycles. The molecule has 5 fully saturated rings. The van der Waals surface area contributed by atoms with Crippen molar-refractivity contribution in [1.29, 1.82) is 0 Å². The molecule has 170 valence electrons. The lowest BCUT2D eigenvalue weighted by Crippen LogP contribution is -2.54. The summed E-state index contributed by atoms with van der Waals surface area (Å²) in [4.78, 5) is 11.8. The van der Waals surface area contributed by atoms with Crippen LogP contribution in [0.1, 0.15) is 57.8 Å². The molecule has 0 aromatic carbocycles. The number of hydrogen-bond donors (Lipinski definition) is 0. The van der Waals surface area contributed by atoms with Crippen LogP contribution in [0.15, 0.2) is 0 Å². The molecule has 5 rings (SSSR count). The number of hydrogen-bond acceptors (Lipinski definition) is 5. The van der Waals surface area contributed by atoms with Gasteiger partial charge in [0.25, 0.3) is 0 Å². The minimum atomic E-state index is -5.90. The summed E-state index contributed by atoms with van der Waals surface area (Å²) in [7, 11) is -5.90. The summed E-state index contributed by atoms with van der Waals surface area (Å²) >= 11 is 0.0877. The van der Waals surface area contributed by atoms with Crippen LogP contribution in [0.3, 0.4) is 0 Å². The molecule has 0 radical (unpaired) electrons. The molecule has 30 heavy (non-hydrogen) atoms. The van der Waals surface area contributed by atoms with Gasteiger partial charge in [0.2, 0.25) is 0 Å². The first kappa shape index (κ1) is 21.5. The molecule has 5 aliphatic carbocycles. The molecule has 10 heteroatoms. The Morgan fingerprint density at radius 2 is 1.60 bits per heavy atom. The number of rotatable bonds is 6. The highest BCUT2D eigenvalue weighted by atomic mass is 32.3. The normalized spacial score (nSPS) is 43.4. The fourth-order valence-electron chi connectivity index (χ4n) is 7.56. The Morgan fingerprint density at radius 1 is 0.900 bits per heavy atom. The molecular formula is C20H26F4O4S2. The standard InChI is InChI=1S/C20H26F4O4S2/c21-19(22,14-9-12-8-13(14)18-11-6-5-10(7-11)17(12)18)20(23,24)30(26,27)28-29-16-4-2-1-3-15(16)25/h10-14,16-18H,1-9H2. The lowest BCUT2D eigenvalue weighted by molar-refractivity contribution is -0.209. The Bertz CT molecular complexity index is 833. The van der Waals surface area contributed by atoms with E-state index in [0.29, 0.717) is 43.4 Å². The summed E-state index contributed by atoms with van der Waals surface area (Å²) in [5, 5.41) is -6.23. The zero-order valence-corrected chi connectivity index (χ0v) is 18.1. The molecule has 0 aromatic heterocycles. The van der Waals surface area contributed by atoms with Crippen LogP contribution in [0.4, 0.5) is 17.6 Å². The second kappa shape index (κ2) is 7.07. The van der Waals surface area contributed by atoms with Crippen molar-refractivity contribution in [3.8, 4) is 0 Å². The van der Waals surface area contributed by atoms with E-state index in [2.05, 4.69) is 3.63 Å². The van der Waals surface area contributed by atoms with Crippen molar-refractivity contribution >= 4 is 27.9 Å². The van der Waals surface area contributed by atoms with Crippen LogP contribution >= 0.6 is 12.0 Å². The molecule has 0 spiro atoms. The predicted octanol–water partition coefficient (Wildman–Crippen LogP) is 5.04. The van der Waals surface area contributed by atoms with Gasteiger partial charge < -0.3 is 0 Å². The van der Waals surface area contributed by atoms with Crippen LogP contribution in [-0.4, -0.2) is 30.6 Å². The number of Topliss-reactive ketones (excluding diaryl/α,β-unsaturated/α-hetero) is 1. The number of ketones is 1. The summed E-state index contributed by atoms with van der Waals surface area (Å²) in [5.41, 5.74) is 0. The lowest BCUT2D eigenvalue weighted by Gasteiger charge is -2.42. The number of carbonyl (C=O) groups is 1. The van der Waals surface area contributed by atoms with Gasteiger partial charge in [-0.3, -0.25) is 4.79 Å². The first-order chi connectivity index (χ1) is 14.0. The van der Waals surface area contributed by atoms with Crippen molar-refractivity contribution in [2.45, 2.75) is 74.2 Å². The number of halogens is 4. The molecule has 5 aliphatic rings. The highest BCUT2D eigenvalue weighted by Crippen LogP contribution is 2.71. The maximum atomic E-state index is 15.1. The molecule has 0 N–H and O–H groups in total. The van der Waals surface area contributed by atoms with Gasteiger partial charge in [0.1, 0.15) is 5.78 Å². The minimum absolute atomic E-state index is 0.000155. The maximum absolute atomic E-state index is 15.1. The van der Waals surface area contributed by atoms with Gasteiger partial charge in [-0.15, -0.1) is 0 Å². The molecular weight excluding hydrogens is 444 g/mol. The Hall–Kier alpha value is -0.350. The summed E-state index contributed by atoms with van der Waals surface area (Å²) in [5.74, 6) is -5.94. The second-order valence-corrected chi connectivity index (χ2v) is 12.7. The Kier molecular flexibility index (Phi) is 5.07. The van der Waals surface area contributed by atoms with Crippen molar-refractivity contribution in [2.24, 2.45) is 41.4 Å². The molecule has 5 saturated carbocycles. The monoisotopic (exact) mass is 470 g/mol. The van der Waals surface area contributed by atoms with E-state index in [0.717, 1.165) is 19.3 Å². The Labute approximate surface area is 178 Å². The third-order valence-corrected chi connectivity index (χ3v) is 11.3. The van der Waals surface area contributed by atoms with Gasteiger partial charge in [0.15, 0.2) is 0 Å². The average Bonchev–Trinajstić information content (AvgIpc) is 3.46.